The fourth-order valence-corrected chi connectivity index (χ4v) is 2.13. The van der Waals surface area contributed by atoms with Gasteiger partial charge in [0, 0.05) is 18.0 Å². The smallest absolute Gasteiger partial charge is 0.144 e. The second-order valence-corrected chi connectivity index (χ2v) is 4.92. The van der Waals surface area contributed by atoms with E-state index < -0.39 is 0 Å². The van der Waals surface area contributed by atoms with Gasteiger partial charge in [-0.05, 0) is 19.9 Å². The van der Waals surface area contributed by atoms with Crippen molar-refractivity contribution >= 4 is 5.78 Å². The Morgan fingerprint density at radius 2 is 2.05 bits per heavy atom. The summed E-state index contributed by atoms with van der Waals surface area (Å²) in [7, 11) is 1.61. The SMILES string of the molecule is COc1ccccc1CC(=O)Cc1ncnn1C(C)C. The molecule has 2 rings (SSSR count). The second-order valence-electron chi connectivity index (χ2n) is 4.92. The van der Waals surface area contributed by atoms with E-state index >= 15 is 0 Å². The van der Waals surface area contributed by atoms with Gasteiger partial charge in [-0.15, -0.1) is 0 Å². The summed E-state index contributed by atoms with van der Waals surface area (Å²) in [5.41, 5.74) is 0.899. The Labute approximate surface area is 118 Å². The molecule has 0 N–H and O–H groups in total. The maximum absolute atomic E-state index is 12.2. The Kier molecular flexibility index (Phi) is 4.50. The molecule has 2 aromatic rings. The van der Waals surface area contributed by atoms with Crippen molar-refractivity contribution < 1.29 is 9.53 Å². The van der Waals surface area contributed by atoms with Gasteiger partial charge in [-0.25, -0.2) is 9.67 Å². The van der Waals surface area contributed by atoms with Crippen LogP contribution in [0.4, 0.5) is 0 Å². The van der Waals surface area contributed by atoms with Crippen LogP contribution in [0.15, 0.2) is 30.6 Å². The summed E-state index contributed by atoms with van der Waals surface area (Å²) in [5, 5.41) is 4.14. The van der Waals surface area contributed by atoms with E-state index in [0.717, 1.165) is 11.3 Å². The lowest BCUT2D eigenvalue weighted by atomic mass is 10.1. The zero-order chi connectivity index (χ0) is 14.5. The van der Waals surface area contributed by atoms with E-state index in [1.54, 1.807) is 11.8 Å². The lowest BCUT2D eigenvalue weighted by Crippen LogP contribution is -2.14. The number of rotatable bonds is 6. The number of carbonyl (C=O) groups excluding carboxylic acids is 1. The first-order valence-corrected chi connectivity index (χ1v) is 6.63. The van der Waals surface area contributed by atoms with Crippen LogP contribution in [0.25, 0.3) is 0 Å². The first-order chi connectivity index (χ1) is 9.61. The van der Waals surface area contributed by atoms with Gasteiger partial charge < -0.3 is 4.74 Å². The Morgan fingerprint density at radius 3 is 2.75 bits per heavy atom. The van der Waals surface area contributed by atoms with E-state index in [4.69, 9.17) is 4.74 Å². The first kappa shape index (κ1) is 14.2. The first-order valence-electron chi connectivity index (χ1n) is 6.63. The molecule has 0 spiro atoms. The van der Waals surface area contributed by atoms with Crippen molar-refractivity contribution in [1.29, 1.82) is 0 Å². The van der Waals surface area contributed by atoms with Crippen molar-refractivity contribution in [2.75, 3.05) is 7.11 Å². The molecule has 0 radical (unpaired) electrons. The fourth-order valence-electron chi connectivity index (χ4n) is 2.13. The van der Waals surface area contributed by atoms with Gasteiger partial charge in [0.15, 0.2) is 0 Å². The average Bonchev–Trinajstić information content (AvgIpc) is 2.87. The van der Waals surface area contributed by atoms with Crippen molar-refractivity contribution in [3.8, 4) is 5.75 Å². The van der Waals surface area contributed by atoms with Gasteiger partial charge in [0.25, 0.3) is 0 Å². The third-order valence-corrected chi connectivity index (χ3v) is 3.07. The maximum atomic E-state index is 12.2. The molecule has 0 amide bonds. The van der Waals surface area contributed by atoms with E-state index in [1.807, 2.05) is 38.1 Å². The van der Waals surface area contributed by atoms with Crippen LogP contribution in [0.1, 0.15) is 31.3 Å². The summed E-state index contributed by atoms with van der Waals surface area (Å²) in [6.45, 7) is 4.03. The number of methoxy groups -OCH3 is 1. The molecule has 0 atom stereocenters. The molecule has 0 aliphatic carbocycles. The molecule has 1 heterocycles. The lowest BCUT2D eigenvalue weighted by molar-refractivity contribution is -0.118. The van der Waals surface area contributed by atoms with E-state index in [0.29, 0.717) is 12.2 Å². The number of nitrogens with zero attached hydrogens (tertiary/aromatic N) is 3. The van der Waals surface area contributed by atoms with Gasteiger partial charge in [-0.1, -0.05) is 18.2 Å². The summed E-state index contributed by atoms with van der Waals surface area (Å²) in [6, 6.07) is 7.76. The van der Waals surface area contributed by atoms with Crippen molar-refractivity contribution in [2.45, 2.75) is 32.7 Å². The minimum absolute atomic E-state index is 0.101. The standard InChI is InChI=1S/C15H19N3O2/c1-11(2)18-15(16-10-17-18)9-13(19)8-12-6-4-5-7-14(12)20-3/h4-7,10-11H,8-9H2,1-3H3. The number of carbonyl (C=O) groups is 1. The predicted molar refractivity (Wildman–Crippen MR) is 75.8 cm³/mol. The molecule has 1 aromatic carbocycles. The number of ether oxygens (including phenoxy) is 1. The fraction of sp³-hybridized carbons (Fsp3) is 0.400. The molecule has 5 nitrogen and oxygen atoms in total. The van der Waals surface area contributed by atoms with Crippen LogP contribution in [0.3, 0.4) is 0 Å². The van der Waals surface area contributed by atoms with E-state index in [1.165, 1.54) is 6.33 Å². The highest BCUT2D eigenvalue weighted by atomic mass is 16.5. The van der Waals surface area contributed by atoms with Crippen molar-refractivity contribution in [3.05, 3.63) is 42.0 Å². The summed E-state index contributed by atoms with van der Waals surface area (Å²) < 4.78 is 7.04. The molecular formula is C15H19N3O2. The number of aromatic nitrogens is 3. The Hall–Kier alpha value is -2.17. The van der Waals surface area contributed by atoms with Crippen LogP contribution in [-0.2, 0) is 17.6 Å². The number of hydrogen-bond acceptors (Lipinski definition) is 4. The zero-order valence-corrected chi connectivity index (χ0v) is 12.0. The van der Waals surface area contributed by atoms with Gasteiger partial charge in [0.2, 0.25) is 0 Å². The molecule has 0 saturated heterocycles. The summed E-state index contributed by atoms with van der Waals surface area (Å²) in [6.07, 6.45) is 2.12. The quantitative estimate of drug-likeness (QED) is 0.809. The van der Waals surface area contributed by atoms with Crippen LogP contribution in [0, 0.1) is 0 Å². The Bertz CT molecular complexity index is 590. The molecule has 5 heteroatoms. The molecule has 0 bridgehead atoms. The summed E-state index contributed by atoms with van der Waals surface area (Å²) in [4.78, 5) is 16.3. The normalized spacial score (nSPS) is 10.8. The van der Waals surface area contributed by atoms with E-state index in [2.05, 4.69) is 10.1 Å². The highest BCUT2D eigenvalue weighted by Crippen LogP contribution is 2.18. The Balaban J connectivity index is 2.07. The van der Waals surface area contributed by atoms with Gasteiger partial charge in [0.05, 0.1) is 13.5 Å². The van der Waals surface area contributed by atoms with Gasteiger partial charge in [-0.3, -0.25) is 4.79 Å². The largest absolute Gasteiger partial charge is 0.496 e. The highest BCUT2D eigenvalue weighted by molar-refractivity contribution is 5.83. The molecule has 1 aromatic heterocycles. The Morgan fingerprint density at radius 1 is 1.30 bits per heavy atom. The van der Waals surface area contributed by atoms with Crippen LogP contribution in [0.5, 0.6) is 5.75 Å². The zero-order valence-electron chi connectivity index (χ0n) is 12.0. The summed E-state index contributed by atoms with van der Waals surface area (Å²) >= 11 is 0. The number of para-hydroxylation sites is 1. The van der Waals surface area contributed by atoms with Crippen LogP contribution in [0.2, 0.25) is 0 Å². The lowest BCUT2D eigenvalue weighted by Gasteiger charge is -2.10. The molecule has 0 fully saturated rings. The molecular weight excluding hydrogens is 254 g/mol. The number of benzene rings is 1. The molecule has 20 heavy (non-hydrogen) atoms. The minimum Gasteiger partial charge on any atom is -0.496 e. The van der Waals surface area contributed by atoms with Crippen molar-refractivity contribution in [3.63, 3.8) is 0 Å². The minimum atomic E-state index is 0.101. The topological polar surface area (TPSA) is 57.0 Å². The number of hydrogen-bond donors (Lipinski definition) is 0. The van der Waals surface area contributed by atoms with Gasteiger partial charge in [-0.2, -0.15) is 5.10 Å². The van der Waals surface area contributed by atoms with Crippen LogP contribution >= 0.6 is 0 Å². The number of ketones is 1. The third kappa shape index (κ3) is 3.23. The second kappa shape index (κ2) is 6.32. The maximum Gasteiger partial charge on any atom is 0.144 e. The van der Waals surface area contributed by atoms with E-state index in [9.17, 15) is 4.79 Å². The molecule has 0 saturated carbocycles. The number of Topliss-reactive ketones (excluding diaryl/α,β-unsaturated/α-hetero) is 1. The van der Waals surface area contributed by atoms with Crippen LogP contribution < -0.4 is 4.74 Å². The average molecular weight is 273 g/mol. The highest BCUT2D eigenvalue weighted by Gasteiger charge is 2.14. The molecule has 0 unspecified atom stereocenters. The molecule has 0 aliphatic heterocycles. The third-order valence-electron chi connectivity index (χ3n) is 3.07. The predicted octanol–water partition coefficient (Wildman–Crippen LogP) is 2.22. The monoisotopic (exact) mass is 273 g/mol. The molecule has 0 aliphatic rings. The van der Waals surface area contributed by atoms with Gasteiger partial charge >= 0.3 is 0 Å². The summed E-state index contributed by atoms with van der Waals surface area (Å²) in [5.74, 6) is 1.55. The van der Waals surface area contributed by atoms with Gasteiger partial charge in [0.1, 0.15) is 23.7 Å². The molecule has 106 valence electrons. The van der Waals surface area contributed by atoms with Crippen molar-refractivity contribution in [2.24, 2.45) is 0 Å². The van der Waals surface area contributed by atoms with Crippen LogP contribution in [-0.4, -0.2) is 27.7 Å². The van der Waals surface area contributed by atoms with E-state index in [-0.39, 0.29) is 18.2 Å². The van der Waals surface area contributed by atoms with Crippen molar-refractivity contribution in [1.82, 2.24) is 14.8 Å².